The van der Waals surface area contributed by atoms with Crippen molar-refractivity contribution >= 4 is 16.5 Å². The van der Waals surface area contributed by atoms with Crippen LogP contribution >= 0.6 is 11.3 Å². The molecule has 1 unspecified atom stereocenters. The maximum atomic E-state index is 9.48. The highest BCUT2D eigenvalue weighted by Crippen LogP contribution is 2.24. The van der Waals surface area contributed by atoms with Crippen LogP contribution in [0.4, 0.5) is 5.13 Å². The van der Waals surface area contributed by atoms with Crippen molar-refractivity contribution in [2.75, 3.05) is 11.9 Å². The van der Waals surface area contributed by atoms with Crippen LogP contribution in [0.1, 0.15) is 29.8 Å². The summed E-state index contributed by atoms with van der Waals surface area (Å²) in [5.41, 5.74) is 3.33. The number of rotatable bonds is 4. The van der Waals surface area contributed by atoms with E-state index in [2.05, 4.69) is 35.0 Å². The predicted molar refractivity (Wildman–Crippen MR) is 76.0 cm³/mol. The SMILES string of the molecule is Cc1ccccc1CN(C)c1nc(C(C)O)cs1. The van der Waals surface area contributed by atoms with Crippen molar-refractivity contribution in [1.82, 2.24) is 4.98 Å². The molecule has 0 fully saturated rings. The monoisotopic (exact) mass is 262 g/mol. The number of aryl methyl sites for hydroxylation is 1. The Hall–Kier alpha value is -1.39. The van der Waals surface area contributed by atoms with Crippen LogP contribution in [0.5, 0.6) is 0 Å². The van der Waals surface area contributed by atoms with E-state index >= 15 is 0 Å². The molecule has 0 aliphatic carbocycles. The zero-order valence-electron chi connectivity index (χ0n) is 10.9. The summed E-state index contributed by atoms with van der Waals surface area (Å²) < 4.78 is 0. The van der Waals surface area contributed by atoms with Crippen LogP contribution in [-0.2, 0) is 6.54 Å². The molecule has 1 aromatic heterocycles. The Morgan fingerprint density at radius 2 is 2.11 bits per heavy atom. The number of aromatic nitrogens is 1. The fraction of sp³-hybridized carbons (Fsp3) is 0.357. The van der Waals surface area contributed by atoms with Gasteiger partial charge < -0.3 is 10.0 Å². The predicted octanol–water partition coefficient (Wildman–Crippen LogP) is 3.14. The van der Waals surface area contributed by atoms with E-state index in [1.807, 2.05) is 18.5 Å². The molecule has 0 saturated heterocycles. The summed E-state index contributed by atoms with van der Waals surface area (Å²) in [5, 5.41) is 12.3. The fourth-order valence-corrected chi connectivity index (χ4v) is 2.63. The molecular weight excluding hydrogens is 244 g/mol. The third-order valence-electron chi connectivity index (χ3n) is 2.93. The van der Waals surface area contributed by atoms with Gasteiger partial charge in [-0.1, -0.05) is 24.3 Å². The van der Waals surface area contributed by atoms with Crippen molar-refractivity contribution in [1.29, 1.82) is 0 Å². The molecular formula is C14H18N2OS. The first-order valence-electron chi connectivity index (χ1n) is 5.97. The maximum Gasteiger partial charge on any atom is 0.185 e. The highest BCUT2D eigenvalue weighted by Gasteiger charge is 2.11. The van der Waals surface area contributed by atoms with Crippen LogP contribution in [0.2, 0.25) is 0 Å². The summed E-state index contributed by atoms with van der Waals surface area (Å²) in [6.45, 7) is 4.69. The average molecular weight is 262 g/mol. The van der Waals surface area contributed by atoms with Crippen LogP contribution in [0.25, 0.3) is 0 Å². The van der Waals surface area contributed by atoms with E-state index < -0.39 is 6.10 Å². The molecule has 1 heterocycles. The van der Waals surface area contributed by atoms with Gasteiger partial charge in [0.1, 0.15) is 0 Å². The summed E-state index contributed by atoms with van der Waals surface area (Å²) in [6, 6.07) is 8.36. The molecule has 1 atom stereocenters. The number of hydrogen-bond donors (Lipinski definition) is 1. The number of aliphatic hydroxyl groups is 1. The Kier molecular flexibility index (Phi) is 3.99. The van der Waals surface area contributed by atoms with Crippen molar-refractivity contribution in [3.05, 3.63) is 46.5 Å². The molecule has 2 rings (SSSR count). The van der Waals surface area contributed by atoms with Gasteiger partial charge in [-0.25, -0.2) is 4.98 Å². The number of nitrogens with zero attached hydrogens (tertiary/aromatic N) is 2. The molecule has 0 amide bonds. The zero-order chi connectivity index (χ0) is 13.1. The van der Waals surface area contributed by atoms with E-state index in [0.29, 0.717) is 0 Å². The molecule has 3 nitrogen and oxygen atoms in total. The van der Waals surface area contributed by atoms with Crippen LogP contribution in [0.15, 0.2) is 29.6 Å². The van der Waals surface area contributed by atoms with Crippen LogP contribution in [0.3, 0.4) is 0 Å². The van der Waals surface area contributed by atoms with Gasteiger partial charge in [0, 0.05) is 19.0 Å². The first-order valence-corrected chi connectivity index (χ1v) is 6.85. The fourth-order valence-electron chi connectivity index (χ4n) is 1.75. The molecule has 1 aromatic carbocycles. The van der Waals surface area contributed by atoms with Crippen molar-refractivity contribution in [3.8, 4) is 0 Å². The maximum absolute atomic E-state index is 9.48. The third kappa shape index (κ3) is 2.89. The Balaban J connectivity index is 2.12. The number of aliphatic hydroxyl groups excluding tert-OH is 1. The lowest BCUT2D eigenvalue weighted by atomic mass is 10.1. The molecule has 0 spiro atoms. The molecule has 0 saturated carbocycles. The zero-order valence-corrected chi connectivity index (χ0v) is 11.7. The van der Waals surface area contributed by atoms with E-state index in [9.17, 15) is 5.11 Å². The van der Waals surface area contributed by atoms with Gasteiger partial charge in [-0.05, 0) is 25.0 Å². The van der Waals surface area contributed by atoms with Gasteiger partial charge >= 0.3 is 0 Å². The Labute approximate surface area is 112 Å². The molecule has 4 heteroatoms. The molecule has 0 bridgehead atoms. The summed E-state index contributed by atoms with van der Waals surface area (Å²) >= 11 is 1.57. The number of anilines is 1. The highest BCUT2D eigenvalue weighted by atomic mass is 32.1. The second-order valence-corrected chi connectivity index (χ2v) is 5.35. The van der Waals surface area contributed by atoms with Crippen molar-refractivity contribution < 1.29 is 5.11 Å². The van der Waals surface area contributed by atoms with Gasteiger partial charge in [0.05, 0.1) is 11.8 Å². The number of thiazole rings is 1. The smallest absolute Gasteiger partial charge is 0.185 e. The number of hydrogen-bond acceptors (Lipinski definition) is 4. The topological polar surface area (TPSA) is 36.4 Å². The average Bonchev–Trinajstić information content (AvgIpc) is 2.81. The molecule has 0 aliphatic heterocycles. The third-order valence-corrected chi connectivity index (χ3v) is 3.91. The van der Waals surface area contributed by atoms with E-state index in [0.717, 1.165) is 17.4 Å². The largest absolute Gasteiger partial charge is 0.387 e. The van der Waals surface area contributed by atoms with Gasteiger partial charge in [0.15, 0.2) is 5.13 Å². The Morgan fingerprint density at radius 1 is 1.39 bits per heavy atom. The van der Waals surface area contributed by atoms with E-state index in [4.69, 9.17) is 0 Å². The molecule has 18 heavy (non-hydrogen) atoms. The summed E-state index contributed by atoms with van der Waals surface area (Å²) in [6.07, 6.45) is -0.498. The second kappa shape index (κ2) is 5.50. The molecule has 0 radical (unpaired) electrons. The lowest BCUT2D eigenvalue weighted by molar-refractivity contribution is 0.195. The lowest BCUT2D eigenvalue weighted by Crippen LogP contribution is -2.16. The van der Waals surface area contributed by atoms with Crippen molar-refractivity contribution in [2.24, 2.45) is 0 Å². The van der Waals surface area contributed by atoms with Crippen LogP contribution in [0, 0.1) is 6.92 Å². The quantitative estimate of drug-likeness (QED) is 0.919. The van der Waals surface area contributed by atoms with E-state index in [1.54, 1.807) is 18.3 Å². The molecule has 1 N–H and O–H groups in total. The first kappa shape index (κ1) is 13.1. The lowest BCUT2D eigenvalue weighted by Gasteiger charge is -2.17. The summed E-state index contributed by atoms with van der Waals surface area (Å²) in [4.78, 5) is 6.54. The summed E-state index contributed by atoms with van der Waals surface area (Å²) in [5.74, 6) is 0. The van der Waals surface area contributed by atoms with Gasteiger partial charge in [0.2, 0.25) is 0 Å². The highest BCUT2D eigenvalue weighted by molar-refractivity contribution is 7.13. The molecule has 96 valence electrons. The first-order chi connectivity index (χ1) is 8.58. The van der Waals surface area contributed by atoms with Gasteiger partial charge in [0.25, 0.3) is 0 Å². The van der Waals surface area contributed by atoms with Crippen molar-refractivity contribution in [3.63, 3.8) is 0 Å². The standard InChI is InChI=1S/C14H18N2OS/c1-10-6-4-5-7-12(10)8-16(3)14-15-13(9-18-14)11(2)17/h4-7,9,11,17H,8H2,1-3H3. The molecule has 0 aliphatic rings. The van der Waals surface area contributed by atoms with E-state index in [1.165, 1.54) is 11.1 Å². The second-order valence-electron chi connectivity index (χ2n) is 4.51. The Morgan fingerprint density at radius 3 is 2.72 bits per heavy atom. The minimum Gasteiger partial charge on any atom is -0.387 e. The molecule has 2 aromatic rings. The summed E-state index contributed by atoms with van der Waals surface area (Å²) in [7, 11) is 2.02. The van der Waals surface area contributed by atoms with Gasteiger partial charge in [-0.15, -0.1) is 11.3 Å². The van der Waals surface area contributed by atoms with Gasteiger partial charge in [-0.3, -0.25) is 0 Å². The van der Waals surface area contributed by atoms with E-state index in [-0.39, 0.29) is 0 Å². The van der Waals surface area contributed by atoms with Crippen molar-refractivity contribution in [2.45, 2.75) is 26.5 Å². The minimum absolute atomic E-state index is 0.498. The minimum atomic E-state index is -0.498. The van der Waals surface area contributed by atoms with Crippen LogP contribution in [-0.4, -0.2) is 17.1 Å². The van der Waals surface area contributed by atoms with Gasteiger partial charge in [-0.2, -0.15) is 0 Å². The Bertz CT molecular complexity index is 522. The normalized spacial score (nSPS) is 12.4. The number of benzene rings is 1. The van der Waals surface area contributed by atoms with Crippen LogP contribution < -0.4 is 4.90 Å².